The average Bonchev–Trinajstić information content (AvgIpc) is 2.91. The maximum absolute atomic E-state index is 12.3. The lowest BCUT2D eigenvalue weighted by Crippen LogP contribution is -2.45. The molecule has 4 rings (SSSR count). The summed E-state index contributed by atoms with van der Waals surface area (Å²) in [5.41, 5.74) is 3.06. The maximum atomic E-state index is 12.3. The molecule has 3 aromatic rings. The minimum absolute atomic E-state index is 0.0626. The number of para-hydroxylation sites is 2. The fourth-order valence-corrected chi connectivity index (χ4v) is 3.68. The molecule has 0 amide bonds. The van der Waals surface area contributed by atoms with Crippen molar-refractivity contribution in [3.63, 3.8) is 0 Å². The van der Waals surface area contributed by atoms with E-state index in [2.05, 4.69) is 22.1 Å². The number of imidazole rings is 1. The minimum atomic E-state index is -0.0626. The van der Waals surface area contributed by atoms with Crippen LogP contribution >= 0.6 is 11.6 Å². The highest BCUT2D eigenvalue weighted by Crippen LogP contribution is 2.29. The summed E-state index contributed by atoms with van der Waals surface area (Å²) in [6.45, 7) is 1.72. The normalized spacial score (nSPS) is 16.1. The first-order valence-electron chi connectivity index (χ1n) is 7.93. The van der Waals surface area contributed by atoms with E-state index in [4.69, 9.17) is 11.6 Å². The van der Waals surface area contributed by atoms with E-state index in [0.29, 0.717) is 5.92 Å². The summed E-state index contributed by atoms with van der Waals surface area (Å²) in [6.07, 6.45) is 2.04. The van der Waals surface area contributed by atoms with Crippen LogP contribution in [0.3, 0.4) is 0 Å². The number of rotatable bonds is 2. The van der Waals surface area contributed by atoms with Gasteiger partial charge in [0, 0.05) is 18.1 Å². The standard InChI is InChI=1S/C18H18ClN3O/c19-15-5-3-4-14(12-15)13-8-10-21(11-9-13)22-17-7-2-1-6-16(17)20-18(22)23/h1-7,12-13H,8-11H2,(H,20,23). The number of hydrogen-bond donors (Lipinski definition) is 1. The minimum Gasteiger partial charge on any atom is -0.308 e. The van der Waals surface area contributed by atoms with E-state index >= 15 is 0 Å². The Morgan fingerprint density at radius 1 is 1.04 bits per heavy atom. The number of benzene rings is 2. The Hall–Kier alpha value is -2.20. The Kier molecular flexibility index (Phi) is 3.62. The molecule has 1 fully saturated rings. The Morgan fingerprint density at radius 2 is 1.83 bits per heavy atom. The van der Waals surface area contributed by atoms with Gasteiger partial charge in [0.1, 0.15) is 0 Å². The van der Waals surface area contributed by atoms with E-state index in [1.54, 1.807) is 4.68 Å². The first-order valence-corrected chi connectivity index (χ1v) is 8.30. The van der Waals surface area contributed by atoms with Crippen molar-refractivity contribution in [3.05, 3.63) is 69.6 Å². The van der Waals surface area contributed by atoms with Crippen LogP contribution in [0.25, 0.3) is 11.0 Å². The van der Waals surface area contributed by atoms with Gasteiger partial charge < -0.3 is 9.99 Å². The van der Waals surface area contributed by atoms with Crippen molar-refractivity contribution in [2.45, 2.75) is 18.8 Å². The molecule has 0 bridgehead atoms. The molecule has 118 valence electrons. The summed E-state index contributed by atoms with van der Waals surface area (Å²) in [6, 6.07) is 15.9. The third-order valence-corrected chi connectivity index (χ3v) is 4.88. The molecule has 0 unspecified atom stereocenters. The first-order chi connectivity index (χ1) is 11.2. The highest BCUT2D eigenvalue weighted by Gasteiger charge is 2.23. The van der Waals surface area contributed by atoms with Gasteiger partial charge in [-0.3, -0.25) is 0 Å². The highest BCUT2D eigenvalue weighted by atomic mass is 35.5. The second-order valence-electron chi connectivity index (χ2n) is 6.04. The zero-order chi connectivity index (χ0) is 15.8. The molecule has 1 aliphatic rings. The lowest BCUT2D eigenvalue weighted by Gasteiger charge is -2.34. The van der Waals surface area contributed by atoms with Crippen LogP contribution < -0.4 is 10.7 Å². The SMILES string of the molecule is O=c1[nH]c2ccccc2n1N1CCC(c2cccc(Cl)c2)CC1. The predicted octanol–water partition coefficient (Wildman–Crippen LogP) is 3.50. The lowest BCUT2D eigenvalue weighted by atomic mass is 9.90. The zero-order valence-electron chi connectivity index (χ0n) is 12.7. The summed E-state index contributed by atoms with van der Waals surface area (Å²) in [7, 11) is 0. The van der Waals surface area contributed by atoms with Crippen LogP contribution in [0.15, 0.2) is 53.3 Å². The predicted molar refractivity (Wildman–Crippen MR) is 93.9 cm³/mol. The molecule has 2 heterocycles. The summed E-state index contributed by atoms with van der Waals surface area (Å²) in [5, 5.41) is 2.93. The zero-order valence-corrected chi connectivity index (χ0v) is 13.5. The van der Waals surface area contributed by atoms with Crippen molar-refractivity contribution in [1.82, 2.24) is 9.66 Å². The van der Waals surface area contributed by atoms with E-state index < -0.39 is 0 Å². The van der Waals surface area contributed by atoms with Gasteiger partial charge in [0.05, 0.1) is 11.0 Å². The number of fused-ring (bicyclic) bond motifs is 1. The number of hydrogen-bond acceptors (Lipinski definition) is 2. The van der Waals surface area contributed by atoms with Crippen LogP contribution in [0.2, 0.25) is 5.02 Å². The van der Waals surface area contributed by atoms with Crippen LogP contribution in [-0.2, 0) is 0 Å². The number of nitrogens with zero attached hydrogens (tertiary/aromatic N) is 2. The highest BCUT2D eigenvalue weighted by molar-refractivity contribution is 6.30. The monoisotopic (exact) mass is 327 g/mol. The molecule has 1 aromatic heterocycles. The van der Waals surface area contributed by atoms with E-state index in [1.165, 1.54) is 5.56 Å². The van der Waals surface area contributed by atoms with Crippen molar-refractivity contribution < 1.29 is 0 Å². The molecule has 0 aliphatic carbocycles. The number of H-pyrrole nitrogens is 1. The van der Waals surface area contributed by atoms with Gasteiger partial charge in [0.25, 0.3) is 0 Å². The summed E-state index contributed by atoms with van der Waals surface area (Å²) in [5.74, 6) is 0.505. The molecule has 1 aliphatic heterocycles. The summed E-state index contributed by atoms with van der Waals surface area (Å²) >= 11 is 6.10. The van der Waals surface area contributed by atoms with Gasteiger partial charge in [0.15, 0.2) is 0 Å². The fourth-order valence-electron chi connectivity index (χ4n) is 3.48. The van der Waals surface area contributed by atoms with Crippen molar-refractivity contribution in [3.8, 4) is 0 Å². The molecule has 1 saturated heterocycles. The summed E-state index contributed by atoms with van der Waals surface area (Å²) in [4.78, 5) is 15.2. The smallest absolute Gasteiger partial charge is 0.308 e. The van der Waals surface area contributed by atoms with E-state index in [1.807, 2.05) is 36.4 Å². The Morgan fingerprint density at radius 3 is 2.61 bits per heavy atom. The third-order valence-electron chi connectivity index (χ3n) is 4.64. The van der Waals surface area contributed by atoms with Gasteiger partial charge in [-0.05, 0) is 48.6 Å². The molecule has 1 N–H and O–H groups in total. The quantitative estimate of drug-likeness (QED) is 0.782. The van der Waals surface area contributed by atoms with Gasteiger partial charge in [-0.25, -0.2) is 9.47 Å². The number of halogens is 1. The fraction of sp³-hybridized carbons (Fsp3) is 0.278. The van der Waals surface area contributed by atoms with Crippen LogP contribution in [-0.4, -0.2) is 22.7 Å². The molecule has 4 nitrogen and oxygen atoms in total. The molecular formula is C18H18ClN3O. The first kappa shape index (κ1) is 14.4. The van der Waals surface area contributed by atoms with Gasteiger partial charge >= 0.3 is 5.69 Å². The van der Waals surface area contributed by atoms with Crippen molar-refractivity contribution in [2.24, 2.45) is 0 Å². The topological polar surface area (TPSA) is 41.0 Å². The van der Waals surface area contributed by atoms with E-state index in [9.17, 15) is 4.79 Å². The number of nitrogens with one attached hydrogen (secondary N) is 1. The maximum Gasteiger partial charge on any atom is 0.345 e. The van der Waals surface area contributed by atoms with Crippen molar-refractivity contribution in [1.29, 1.82) is 0 Å². The lowest BCUT2D eigenvalue weighted by molar-refractivity contribution is 0.434. The third kappa shape index (κ3) is 2.63. The molecule has 0 atom stereocenters. The summed E-state index contributed by atoms with van der Waals surface area (Å²) < 4.78 is 1.78. The number of aromatic amines is 1. The van der Waals surface area contributed by atoms with Gasteiger partial charge in [-0.1, -0.05) is 35.9 Å². The molecule has 2 aromatic carbocycles. The van der Waals surface area contributed by atoms with Gasteiger partial charge in [-0.15, -0.1) is 0 Å². The molecule has 0 radical (unpaired) electrons. The number of piperidine rings is 1. The van der Waals surface area contributed by atoms with Crippen LogP contribution in [0.5, 0.6) is 0 Å². The van der Waals surface area contributed by atoms with Crippen LogP contribution in [0, 0.1) is 0 Å². The second-order valence-corrected chi connectivity index (χ2v) is 6.48. The van der Waals surface area contributed by atoms with Crippen LogP contribution in [0.4, 0.5) is 0 Å². The second kappa shape index (κ2) is 5.78. The van der Waals surface area contributed by atoms with Gasteiger partial charge in [-0.2, -0.15) is 0 Å². The Labute approximate surface area is 139 Å². The van der Waals surface area contributed by atoms with Crippen molar-refractivity contribution >= 4 is 22.6 Å². The van der Waals surface area contributed by atoms with E-state index in [0.717, 1.165) is 42.0 Å². The largest absolute Gasteiger partial charge is 0.345 e. The Balaban J connectivity index is 1.57. The average molecular weight is 328 g/mol. The van der Waals surface area contributed by atoms with E-state index in [-0.39, 0.29) is 5.69 Å². The van der Waals surface area contributed by atoms with Gasteiger partial charge in [0.2, 0.25) is 0 Å². The van der Waals surface area contributed by atoms with Crippen LogP contribution in [0.1, 0.15) is 24.3 Å². The Bertz CT molecular complexity index is 890. The van der Waals surface area contributed by atoms with Crippen molar-refractivity contribution in [2.75, 3.05) is 18.1 Å². The molecule has 23 heavy (non-hydrogen) atoms. The molecule has 5 heteroatoms. The molecular weight excluding hydrogens is 310 g/mol. The molecule has 0 spiro atoms. The number of aromatic nitrogens is 2. The molecule has 0 saturated carbocycles.